The van der Waals surface area contributed by atoms with Gasteiger partial charge in [-0.3, -0.25) is 4.99 Å². The number of hydrogen-bond donors (Lipinski definition) is 2. The first-order valence-electron chi connectivity index (χ1n) is 9.81. The Bertz CT molecular complexity index is 709. The fourth-order valence-electron chi connectivity index (χ4n) is 3.29. The van der Waals surface area contributed by atoms with Gasteiger partial charge in [0.2, 0.25) is 0 Å². The first-order valence-corrected chi connectivity index (χ1v) is 9.81. The van der Waals surface area contributed by atoms with E-state index in [1.165, 1.54) is 16.8 Å². The second-order valence-corrected chi connectivity index (χ2v) is 8.51. The van der Waals surface area contributed by atoms with Crippen LogP contribution in [-0.4, -0.2) is 62.8 Å². The third-order valence-electron chi connectivity index (χ3n) is 4.58. The molecular weight excluding hydrogens is 354 g/mol. The van der Waals surface area contributed by atoms with E-state index >= 15 is 0 Å². The number of anilines is 1. The van der Waals surface area contributed by atoms with Crippen LogP contribution < -0.4 is 15.5 Å². The second kappa shape index (κ2) is 9.17. The van der Waals surface area contributed by atoms with Crippen LogP contribution in [0.5, 0.6) is 0 Å². The number of nitrogens with one attached hydrogen (secondary N) is 2. The number of carbonyl (C=O) groups is 1. The molecule has 1 heterocycles. The molecule has 0 bridgehead atoms. The van der Waals surface area contributed by atoms with Crippen molar-refractivity contribution in [2.45, 2.75) is 52.3 Å². The van der Waals surface area contributed by atoms with E-state index in [4.69, 9.17) is 4.74 Å². The summed E-state index contributed by atoms with van der Waals surface area (Å²) in [6, 6.07) is 6.53. The molecule has 1 aromatic rings. The van der Waals surface area contributed by atoms with Crippen molar-refractivity contribution in [1.82, 2.24) is 15.5 Å². The number of guanidine groups is 1. The third kappa shape index (κ3) is 6.32. The monoisotopic (exact) mass is 389 g/mol. The van der Waals surface area contributed by atoms with Gasteiger partial charge in [-0.2, -0.15) is 0 Å². The summed E-state index contributed by atoms with van der Waals surface area (Å²) in [5, 5.41) is 6.42. The number of nitrogens with zero attached hydrogens (tertiary/aromatic N) is 3. The molecule has 1 saturated heterocycles. The lowest BCUT2D eigenvalue weighted by molar-refractivity contribution is 0.0507. The Balaban J connectivity index is 1.92. The minimum absolute atomic E-state index is 0.0603. The number of amides is 1. The van der Waals surface area contributed by atoms with E-state index in [0.29, 0.717) is 13.1 Å². The number of rotatable bonds is 4. The molecule has 2 rings (SSSR count). The molecule has 156 valence electrons. The lowest BCUT2D eigenvalue weighted by Crippen LogP contribution is -2.44. The van der Waals surface area contributed by atoms with Crippen LogP contribution in [0.15, 0.2) is 23.2 Å². The molecule has 7 nitrogen and oxygen atoms in total. The van der Waals surface area contributed by atoms with E-state index in [1.807, 2.05) is 20.8 Å². The van der Waals surface area contributed by atoms with E-state index in [-0.39, 0.29) is 12.1 Å². The van der Waals surface area contributed by atoms with Gasteiger partial charge in [0, 0.05) is 46.5 Å². The number of aliphatic imine (C=N–C) groups is 1. The predicted molar refractivity (Wildman–Crippen MR) is 115 cm³/mol. The van der Waals surface area contributed by atoms with Crippen LogP contribution in [0.1, 0.15) is 38.3 Å². The van der Waals surface area contributed by atoms with Gasteiger partial charge in [0.1, 0.15) is 5.60 Å². The Kier molecular flexibility index (Phi) is 7.16. The van der Waals surface area contributed by atoms with Crippen LogP contribution in [0.4, 0.5) is 10.5 Å². The van der Waals surface area contributed by atoms with Crippen LogP contribution in [0.25, 0.3) is 0 Å². The van der Waals surface area contributed by atoms with Crippen molar-refractivity contribution < 1.29 is 9.53 Å². The summed E-state index contributed by atoms with van der Waals surface area (Å²) in [6.45, 7) is 9.96. The van der Waals surface area contributed by atoms with Crippen molar-refractivity contribution in [3.63, 3.8) is 0 Å². The SMILES string of the molecule is CN=C(NCc1ccc(C)cc1N(C)C)N1CC[C@@H](NC(=O)OC(C)(C)C)C1. The first-order chi connectivity index (χ1) is 13.1. The standard InChI is InChI=1S/C21H35N5O2/c1-15-8-9-16(18(12-15)25(6)7)13-23-19(22-5)26-11-10-17(14-26)24-20(27)28-21(2,3)4/h8-9,12,17H,10-11,13-14H2,1-7H3,(H,22,23)(H,24,27)/t17-/m1/s1. The lowest BCUT2D eigenvalue weighted by atomic mass is 10.1. The van der Waals surface area contributed by atoms with Crippen molar-refractivity contribution in [1.29, 1.82) is 0 Å². The van der Waals surface area contributed by atoms with Gasteiger partial charge in [0.25, 0.3) is 0 Å². The second-order valence-electron chi connectivity index (χ2n) is 8.51. The Morgan fingerprint density at radius 3 is 2.68 bits per heavy atom. The maximum Gasteiger partial charge on any atom is 0.407 e. The molecule has 2 N–H and O–H groups in total. The fourth-order valence-corrected chi connectivity index (χ4v) is 3.29. The zero-order valence-electron chi connectivity index (χ0n) is 18.3. The Morgan fingerprint density at radius 1 is 1.36 bits per heavy atom. The van der Waals surface area contributed by atoms with Crippen LogP contribution >= 0.6 is 0 Å². The van der Waals surface area contributed by atoms with Gasteiger partial charge in [0.05, 0.1) is 6.04 Å². The maximum atomic E-state index is 12.0. The van der Waals surface area contributed by atoms with Gasteiger partial charge in [0.15, 0.2) is 5.96 Å². The van der Waals surface area contributed by atoms with Crippen molar-refractivity contribution in [2.75, 3.05) is 39.1 Å². The molecule has 0 aromatic heterocycles. The quantitative estimate of drug-likeness (QED) is 0.612. The van der Waals surface area contributed by atoms with Crippen molar-refractivity contribution in [3.8, 4) is 0 Å². The summed E-state index contributed by atoms with van der Waals surface area (Å²) < 4.78 is 5.35. The first kappa shape index (κ1) is 21.9. The number of benzene rings is 1. The van der Waals surface area contributed by atoms with Crippen LogP contribution in [0.2, 0.25) is 0 Å². The highest BCUT2D eigenvalue weighted by Gasteiger charge is 2.27. The summed E-state index contributed by atoms with van der Waals surface area (Å²) in [6.07, 6.45) is 0.505. The highest BCUT2D eigenvalue weighted by molar-refractivity contribution is 5.80. The van der Waals surface area contributed by atoms with E-state index in [1.54, 1.807) is 7.05 Å². The zero-order valence-corrected chi connectivity index (χ0v) is 18.3. The van der Waals surface area contributed by atoms with Gasteiger partial charge in [-0.25, -0.2) is 4.79 Å². The van der Waals surface area contributed by atoms with Crippen molar-refractivity contribution in [2.24, 2.45) is 4.99 Å². The van der Waals surface area contributed by atoms with Gasteiger partial charge in [-0.1, -0.05) is 12.1 Å². The minimum Gasteiger partial charge on any atom is -0.444 e. The number of hydrogen-bond acceptors (Lipinski definition) is 4. The van der Waals surface area contributed by atoms with E-state index in [2.05, 4.69) is 64.6 Å². The Labute approximate surface area is 169 Å². The molecule has 0 unspecified atom stereocenters. The zero-order chi connectivity index (χ0) is 20.9. The number of likely N-dealkylation sites (tertiary alicyclic amines) is 1. The summed E-state index contributed by atoms with van der Waals surface area (Å²) >= 11 is 0. The molecule has 1 fully saturated rings. The van der Waals surface area contributed by atoms with Gasteiger partial charge >= 0.3 is 6.09 Å². The molecule has 1 amide bonds. The Hall–Kier alpha value is -2.44. The van der Waals surface area contributed by atoms with Gasteiger partial charge in [-0.15, -0.1) is 0 Å². The molecular formula is C21H35N5O2. The number of ether oxygens (including phenoxy) is 1. The summed E-state index contributed by atoms with van der Waals surface area (Å²) in [5.74, 6) is 0.846. The van der Waals surface area contributed by atoms with E-state index in [9.17, 15) is 4.79 Å². The molecule has 28 heavy (non-hydrogen) atoms. The van der Waals surface area contributed by atoms with Crippen molar-refractivity contribution in [3.05, 3.63) is 29.3 Å². The van der Waals surface area contributed by atoms with E-state index < -0.39 is 5.60 Å². The third-order valence-corrected chi connectivity index (χ3v) is 4.58. The molecule has 1 aliphatic rings. The average molecular weight is 390 g/mol. The molecule has 0 radical (unpaired) electrons. The maximum absolute atomic E-state index is 12.0. The molecule has 1 aliphatic heterocycles. The normalized spacial score (nSPS) is 17.5. The minimum atomic E-state index is -0.488. The summed E-state index contributed by atoms with van der Waals surface area (Å²) in [4.78, 5) is 20.7. The Morgan fingerprint density at radius 2 is 2.07 bits per heavy atom. The summed E-state index contributed by atoms with van der Waals surface area (Å²) in [7, 11) is 5.90. The molecule has 0 spiro atoms. The van der Waals surface area contributed by atoms with E-state index in [0.717, 1.165) is 18.9 Å². The van der Waals surface area contributed by atoms with Gasteiger partial charge in [-0.05, 0) is 51.3 Å². The van der Waals surface area contributed by atoms with Crippen LogP contribution in [-0.2, 0) is 11.3 Å². The predicted octanol–water partition coefficient (Wildman–Crippen LogP) is 2.74. The fraction of sp³-hybridized carbons (Fsp3) is 0.619. The highest BCUT2D eigenvalue weighted by atomic mass is 16.6. The van der Waals surface area contributed by atoms with Crippen LogP contribution in [0.3, 0.4) is 0 Å². The molecule has 7 heteroatoms. The smallest absolute Gasteiger partial charge is 0.407 e. The average Bonchev–Trinajstić information content (AvgIpc) is 3.02. The number of carbonyl (C=O) groups excluding carboxylic acids is 1. The molecule has 1 aromatic carbocycles. The van der Waals surface area contributed by atoms with Crippen LogP contribution in [0, 0.1) is 6.92 Å². The summed E-state index contributed by atoms with van der Waals surface area (Å²) in [5.41, 5.74) is 3.18. The topological polar surface area (TPSA) is 69.2 Å². The van der Waals surface area contributed by atoms with Crippen molar-refractivity contribution >= 4 is 17.7 Å². The number of alkyl carbamates (subject to hydrolysis) is 1. The molecule has 0 aliphatic carbocycles. The lowest BCUT2D eigenvalue weighted by Gasteiger charge is -2.24. The number of aryl methyl sites for hydroxylation is 1. The largest absolute Gasteiger partial charge is 0.444 e. The molecule has 1 atom stereocenters. The highest BCUT2D eigenvalue weighted by Crippen LogP contribution is 2.20. The van der Waals surface area contributed by atoms with Gasteiger partial charge < -0.3 is 25.2 Å². The molecule has 0 saturated carbocycles.